The van der Waals surface area contributed by atoms with E-state index in [9.17, 15) is 9.18 Å². The number of carbonyl (C=O) groups excluding carboxylic acids is 1. The Morgan fingerprint density at radius 2 is 1.94 bits per heavy atom. The molecule has 164 valence electrons. The van der Waals surface area contributed by atoms with Gasteiger partial charge in [-0.3, -0.25) is 4.98 Å². The van der Waals surface area contributed by atoms with Gasteiger partial charge in [0.15, 0.2) is 0 Å². The van der Waals surface area contributed by atoms with Crippen molar-refractivity contribution >= 4 is 11.8 Å². The molecule has 2 aromatic rings. The highest BCUT2D eigenvalue weighted by Crippen LogP contribution is 2.23. The average Bonchev–Trinajstić information content (AvgIpc) is 2.64. The Morgan fingerprint density at radius 1 is 1.19 bits per heavy atom. The summed E-state index contributed by atoms with van der Waals surface area (Å²) in [5, 5.41) is 0. The van der Waals surface area contributed by atoms with Crippen molar-refractivity contribution in [2.75, 3.05) is 32.1 Å². The standard InChI is InChI=1S/C24H28FN3O3/c1-24(2,3)31-23(29)28-9-8-20(28)16-30-22-12-18(14-26-15-22)7-6-17-10-19(25)13-21(11-17)27(4)5/h10-15,20H,8-9,16H2,1-5H3. The van der Waals surface area contributed by atoms with Gasteiger partial charge in [0, 0.05) is 43.7 Å². The van der Waals surface area contributed by atoms with Crippen LogP contribution in [0.5, 0.6) is 5.75 Å². The van der Waals surface area contributed by atoms with E-state index in [0.29, 0.717) is 30.0 Å². The van der Waals surface area contributed by atoms with Gasteiger partial charge in [-0.1, -0.05) is 11.8 Å². The van der Waals surface area contributed by atoms with Gasteiger partial charge in [0.25, 0.3) is 0 Å². The van der Waals surface area contributed by atoms with E-state index in [1.807, 2.05) is 45.8 Å². The van der Waals surface area contributed by atoms with Crippen molar-refractivity contribution in [3.8, 4) is 17.6 Å². The number of aromatic nitrogens is 1. The number of amides is 1. The maximum absolute atomic E-state index is 13.8. The first-order valence-electron chi connectivity index (χ1n) is 10.2. The van der Waals surface area contributed by atoms with E-state index in [4.69, 9.17) is 9.47 Å². The lowest BCUT2D eigenvalue weighted by Gasteiger charge is -2.40. The molecule has 0 N–H and O–H groups in total. The molecule has 1 aromatic heterocycles. The fraction of sp³-hybridized carbons (Fsp3) is 0.417. The summed E-state index contributed by atoms with van der Waals surface area (Å²) in [5.41, 5.74) is 1.46. The van der Waals surface area contributed by atoms with Gasteiger partial charge in [0.1, 0.15) is 23.8 Å². The maximum Gasteiger partial charge on any atom is 0.410 e. The minimum absolute atomic E-state index is 0.0265. The number of hydrogen-bond donors (Lipinski definition) is 0. The van der Waals surface area contributed by atoms with Crippen molar-refractivity contribution in [3.05, 3.63) is 53.6 Å². The van der Waals surface area contributed by atoms with Crippen LogP contribution in [0.2, 0.25) is 0 Å². The van der Waals surface area contributed by atoms with E-state index in [0.717, 1.165) is 12.1 Å². The molecular weight excluding hydrogens is 397 g/mol. The lowest BCUT2D eigenvalue weighted by Crippen LogP contribution is -2.55. The summed E-state index contributed by atoms with van der Waals surface area (Å²) < 4.78 is 25.1. The molecule has 1 aliphatic rings. The van der Waals surface area contributed by atoms with Gasteiger partial charge in [-0.2, -0.15) is 0 Å². The van der Waals surface area contributed by atoms with Crippen LogP contribution in [-0.2, 0) is 4.74 Å². The van der Waals surface area contributed by atoms with Crippen LogP contribution in [0.25, 0.3) is 0 Å². The van der Waals surface area contributed by atoms with Crippen molar-refractivity contribution in [3.63, 3.8) is 0 Å². The Morgan fingerprint density at radius 3 is 2.58 bits per heavy atom. The second-order valence-electron chi connectivity index (χ2n) is 8.68. The van der Waals surface area contributed by atoms with Gasteiger partial charge in [0.2, 0.25) is 0 Å². The normalized spacial score (nSPS) is 15.4. The van der Waals surface area contributed by atoms with E-state index in [1.165, 1.54) is 12.1 Å². The van der Waals surface area contributed by atoms with Crippen molar-refractivity contribution in [2.45, 2.75) is 38.8 Å². The smallest absolute Gasteiger partial charge is 0.410 e. The molecule has 0 saturated carbocycles. The molecule has 1 saturated heterocycles. The molecule has 0 bridgehead atoms. The summed E-state index contributed by atoms with van der Waals surface area (Å²) in [6.45, 7) is 6.56. The third-order valence-electron chi connectivity index (χ3n) is 4.68. The molecule has 6 nitrogen and oxygen atoms in total. The van der Waals surface area contributed by atoms with Crippen LogP contribution in [0.15, 0.2) is 36.7 Å². The summed E-state index contributed by atoms with van der Waals surface area (Å²) in [6.07, 6.45) is 3.77. The van der Waals surface area contributed by atoms with Gasteiger partial charge in [-0.15, -0.1) is 0 Å². The van der Waals surface area contributed by atoms with E-state index in [1.54, 1.807) is 23.4 Å². The van der Waals surface area contributed by atoms with Crippen LogP contribution in [0.1, 0.15) is 38.3 Å². The number of nitrogens with zero attached hydrogens (tertiary/aromatic N) is 3. The molecule has 1 aromatic carbocycles. The molecule has 1 amide bonds. The fourth-order valence-electron chi connectivity index (χ4n) is 2.98. The molecule has 31 heavy (non-hydrogen) atoms. The quantitative estimate of drug-likeness (QED) is 0.691. The number of rotatable bonds is 4. The van der Waals surface area contributed by atoms with Crippen molar-refractivity contribution < 1.29 is 18.7 Å². The van der Waals surface area contributed by atoms with Crippen molar-refractivity contribution in [1.29, 1.82) is 0 Å². The SMILES string of the molecule is CN(C)c1cc(F)cc(C#Cc2cncc(OCC3CCN3C(=O)OC(C)(C)C)c2)c1. The Kier molecular flexibility index (Phi) is 6.69. The van der Waals surface area contributed by atoms with Crippen LogP contribution < -0.4 is 9.64 Å². The number of benzene rings is 1. The Balaban J connectivity index is 1.62. The minimum atomic E-state index is -0.524. The topological polar surface area (TPSA) is 54.9 Å². The second kappa shape index (κ2) is 9.25. The zero-order valence-electron chi connectivity index (χ0n) is 18.6. The number of hydrogen-bond acceptors (Lipinski definition) is 5. The molecule has 1 atom stereocenters. The maximum atomic E-state index is 13.8. The molecule has 1 unspecified atom stereocenters. The number of likely N-dealkylation sites (tertiary alicyclic amines) is 1. The zero-order valence-corrected chi connectivity index (χ0v) is 18.6. The number of anilines is 1. The van der Waals surface area contributed by atoms with Gasteiger partial charge in [-0.25, -0.2) is 9.18 Å². The van der Waals surface area contributed by atoms with E-state index < -0.39 is 5.60 Å². The van der Waals surface area contributed by atoms with E-state index in [-0.39, 0.29) is 18.0 Å². The first-order valence-corrected chi connectivity index (χ1v) is 10.2. The molecule has 0 aliphatic carbocycles. The first-order chi connectivity index (χ1) is 14.6. The summed E-state index contributed by atoms with van der Waals surface area (Å²) in [5.74, 6) is 6.21. The van der Waals surface area contributed by atoms with Gasteiger partial charge < -0.3 is 19.3 Å². The first kappa shape index (κ1) is 22.4. The van der Waals surface area contributed by atoms with Gasteiger partial charge in [0.05, 0.1) is 12.2 Å². The predicted molar refractivity (Wildman–Crippen MR) is 118 cm³/mol. The van der Waals surface area contributed by atoms with E-state index >= 15 is 0 Å². The molecular formula is C24H28FN3O3. The lowest BCUT2D eigenvalue weighted by atomic mass is 10.1. The molecule has 3 rings (SSSR count). The van der Waals surface area contributed by atoms with E-state index in [2.05, 4.69) is 16.8 Å². The monoisotopic (exact) mass is 425 g/mol. The van der Waals surface area contributed by atoms with Crippen LogP contribution in [0, 0.1) is 17.7 Å². The minimum Gasteiger partial charge on any atom is -0.490 e. The molecule has 1 aliphatic heterocycles. The summed E-state index contributed by atoms with van der Waals surface area (Å²) in [7, 11) is 3.70. The molecule has 2 heterocycles. The number of pyridine rings is 1. The highest BCUT2D eigenvalue weighted by atomic mass is 19.1. The fourth-order valence-corrected chi connectivity index (χ4v) is 2.98. The van der Waals surface area contributed by atoms with Crippen LogP contribution >= 0.6 is 0 Å². The number of carbonyl (C=O) groups is 1. The second-order valence-corrected chi connectivity index (χ2v) is 8.68. The third-order valence-corrected chi connectivity index (χ3v) is 4.68. The molecule has 0 spiro atoms. The predicted octanol–water partition coefficient (Wildman–Crippen LogP) is 4.07. The highest BCUT2D eigenvalue weighted by Gasteiger charge is 2.35. The third kappa shape index (κ3) is 6.35. The Hall–Kier alpha value is -3.27. The molecule has 7 heteroatoms. The van der Waals surface area contributed by atoms with Gasteiger partial charge >= 0.3 is 6.09 Å². The van der Waals surface area contributed by atoms with Gasteiger partial charge in [-0.05, 0) is 51.5 Å². The molecule has 0 radical (unpaired) electrons. The van der Waals surface area contributed by atoms with Crippen LogP contribution in [0.3, 0.4) is 0 Å². The van der Waals surface area contributed by atoms with Crippen molar-refractivity contribution in [1.82, 2.24) is 9.88 Å². The van der Waals surface area contributed by atoms with Crippen molar-refractivity contribution in [2.24, 2.45) is 0 Å². The average molecular weight is 426 g/mol. The van der Waals surface area contributed by atoms with Crippen LogP contribution in [-0.4, -0.2) is 54.9 Å². The highest BCUT2D eigenvalue weighted by molar-refractivity contribution is 5.69. The van der Waals surface area contributed by atoms with Crippen LogP contribution in [0.4, 0.5) is 14.9 Å². The summed E-state index contributed by atoms with van der Waals surface area (Å²) in [6, 6.07) is 6.44. The number of halogens is 1. The Labute approximate surface area is 183 Å². The zero-order chi connectivity index (χ0) is 22.6. The molecule has 1 fully saturated rings. The number of ether oxygens (including phenoxy) is 2. The summed E-state index contributed by atoms with van der Waals surface area (Å²) >= 11 is 0. The summed E-state index contributed by atoms with van der Waals surface area (Å²) in [4.78, 5) is 19.9. The lowest BCUT2D eigenvalue weighted by molar-refractivity contribution is -0.0141. The largest absolute Gasteiger partial charge is 0.490 e. The Bertz CT molecular complexity index is 1010.